The molecule has 1 heterocycles. The molecule has 1 aliphatic carbocycles. The molecule has 6 nitrogen and oxygen atoms in total. The highest BCUT2D eigenvalue weighted by Crippen LogP contribution is 2.24. The van der Waals surface area contributed by atoms with Crippen LogP contribution >= 0.6 is 0 Å². The first-order valence-corrected chi connectivity index (χ1v) is 6.01. The second-order valence-electron chi connectivity index (χ2n) is 4.49. The Morgan fingerprint density at radius 2 is 2.38 bits per heavy atom. The van der Waals surface area contributed by atoms with Crippen LogP contribution in [0.1, 0.15) is 42.0 Å². The Hall–Kier alpha value is -2.50. The van der Waals surface area contributed by atoms with Gasteiger partial charge < -0.3 is 5.73 Å². The highest BCUT2D eigenvalue weighted by atomic mass is 16.2. The van der Waals surface area contributed by atoms with Gasteiger partial charge >= 0.3 is 0 Å². The zero-order valence-electron chi connectivity index (χ0n) is 18.7. The molecule has 108 valence electrons. The number of hydrogen-bond acceptors (Lipinski definition) is 5. The predicted octanol–water partition coefficient (Wildman–Crippen LogP) is 1.15. The molecule has 0 aliphatic heterocycles. The van der Waals surface area contributed by atoms with E-state index in [4.69, 9.17) is 16.7 Å². The van der Waals surface area contributed by atoms with Crippen molar-refractivity contribution in [2.45, 2.75) is 32.1 Å². The lowest BCUT2D eigenvalue weighted by Crippen LogP contribution is -2.36. The van der Waals surface area contributed by atoms with Crippen LogP contribution < -0.4 is 11.3 Å². The molecule has 1 aromatic carbocycles. The summed E-state index contributed by atoms with van der Waals surface area (Å²) >= 11 is 0. The fraction of sp³-hybridized carbons (Fsp3) is 0.333. The Kier molecular flexibility index (Phi) is 1.59. The molecular weight excluding hydrogens is 270 g/mol. The molecule has 0 spiro atoms. The molecule has 6 heteroatoms. The van der Waals surface area contributed by atoms with E-state index in [1.165, 1.54) is 0 Å². The second kappa shape index (κ2) is 4.80. The lowest BCUT2D eigenvalue weighted by molar-refractivity contribution is -0.132. The maximum absolute atomic E-state index is 13.2. The van der Waals surface area contributed by atoms with Crippen LogP contribution in [0.4, 0.5) is 5.69 Å². The maximum Gasteiger partial charge on any atom is 0.264 e. The summed E-state index contributed by atoms with van der Waals surface area (Å²) in [4.78, 5) is 41.3. The minimum absolute atomic E-state index is 0.244. The van der Waals surface area contributed by atoms with E-state index in [0.29, 0.717) is 0 Å². The number of Topliss-reactive ketones (excluding diaryl/α,β-unsaturated/α-hetero) is 2. The molecule has 2 aromatic rings. The molecule has 0 amide bonds. The van der Waals surface area contributed by atoms with Gasteiger partial charge in [0.15, 0.2) is 5.78 Å². The molecule has 1 saturated carbocycles. The topological polar surface area (TPSA) is 95.0 Å². The fourth-order valence-corrected chi connectivity index (χ4v) is 2.17. The SMILES string of the molecule is [2H]c1cc(N)c2c(=O)n(C3([2H])CC([2H])([2H])C(=O)CC3=O)c(C([2H])([2H])[2H])nc2c1[2H]. The molecule has 21 heavy (non-hydrogen) atoms. The van der Waals surface area contributed by atoms with Crippen LogP contribution in [-0.4, -0.2) is 21.1 Å². The van der Waals surface area contributed by atoms with E-state index in [9.17, 15) is 14.4 Å². The van der Waals surface area contributed by atoms with Gasteiger partial charge in [-0.25, -0.2) is 4.98 Å². The maximum atomic E-state index is 13.2. The number of carbonyl (C=O) groups excluding carboxylic acids is 2. The highest BCUT2D eigenvalue weighted by molar-refractivity contribution is 6.03. The molecule has 1 aromatic heterocycles. The summed E-state index contributed by atoms with van der Waals surface area (Å²) < 4.78 is 63.0. The van der Waals surface area contributed by atoms with Crippen molar-refractivity contribution in [2.24, 2.45) is 0 Å². The molecule has 0 saturated heterocycles. The first kappa shape index (κ1) is 6.98. The van der Waals surface area contributed by atoms with Crippen LogP contribution in [0.15, 0.2) is 22.9 Å². The lowest BCUT2D eigenvalue weighted by atomic mass is 9.92. The number of hydrogen-bond donors (Lipinski definition) is 1. The number of rotatable bonds is 1. The number of nitrogens with two attached hydrogens (primary N) is 1. The molecule has 1 atom stereocenters. The van der Waals surface area contributed by atoms with Crippen molar-refractivity contribution >= 4 is 28.2 Å². The average Bonchev–Trinajstić information content (AvgIpc) is 2.56. The summed E-state index contributed by atoms with van der Waals surface area (Å²) in [6.45, 7) is -3.13. The third kappa shape index (κ3) is 2.12. The van der Waals surface area contributed by atoms with Crippen LogP contribution in [0.2, 0.25) is 0 Å². The quantitative estimate of drug-likeness (QED) is 0.628. The minimum Gasteiger partial charge on any atom is -0.398 e. The summed E-state index contributed by atoms with van der Waals surface area (Å²) in [7, 11) is 0. The van der Waals surface area contributed by atoms with E-state index >= 15 is 0 Å². The number of anilines is 1. The third-order valence-corrected chi connectivity index (χ3v) is 3.16. The van der Waals surface area contributed by atoms with Gasteiger partial charge in [-0.05, 0) is 25.4 Å². The molecular formula is C15H15N3O3. The Bertz CT molecular complexity index is 1140. The molecule has 3 rings (SSSR count). The van der Waals surface area contributed by atoms with Crippen molar-refractivity contribution in [3.63, 3.8) is 0 Å². The molecule has 1 unspecified atom stereocenters. The molecule has 0 bridgehead atoms. The van der Waals surface area contributed by atoms with Gasteiger partial charge in [-0.3, -0.25) is 19.0 Å². The van der Waals surface area contributed by atoms with Crippen LogP contribution in [0.3, 0.4) is 0 Å². The summed E-state index contributed by atoms with van der Waals surface area (Å²) in [5.74, 6) is -3.26. The van der Waals surface area contributed by atoms with E-state index in [0.717, 1.165) is 6.07 Å². The van der Waals surface area contributed by atoms with Crippen molar-refractivity contribution < 1.29 is 20.6 Å². The van der Waals surface area contributed by atoms with Crippen LogP contribution in [0, 0.1) is 6.85 Å². The Morgan fingerprint density at radius 3 is 3.14 bits per heavy atom. The summed E-state index contributed by atoms with van der Waals surface area (Å²) in [6.07, 6.45) is -4.72. The predicted molar refractivity (Wildman–Crippen MR) is 78.1 cm³/mol. The van der Waals surface area contributed by atoms with Gasteiger partial charge in [-0.2, -0.15) is 0 Å². The zero-order chi connectivity index (χ0) is 22.1. The van der Waals surface area contributed by atoms with Crippen LogP contribution in [-0.2, 0) is 9.59 Å². The number of aryl methyl sites for hydroxylation is 1. The number of aromatic nitrogens is 2. The van der Waals surface area contributed by atoms with E-state index < -0.39 is 78.0 Å². The van der Waals surface area contributed by atoms with Crippen LogP contribution in [0.25, 0.3) is 10.9 Å². The van der Waals surface area contributed by atoms with Crippen molar-refractivity contribution in [3.8, 4) is 0 Å². The number of nitrogen functional groups attached to an aromatic ring is 1. The minimum atomic E-state index is -3.13. The average molecular weight is 293 g/mol. The summed E-state index contributed by atoms with van der Waals surface area (Å²) in [5.41, 5.74) is 3.74. The Morgan fingerprint density at radius 1 is 1.57 bits per heavy atom. The lowest BCUT2D eigenvalue weighted by Gasteiger charge is -2.24. The van der Waals surface area contributed by atoms with E-state index in [-0.39, 0.29) is 10.3 Å². The number of fused-ring (bicyclic) bond motifs is 1. The van der Waals surface area contributed by atoms with Gasteiger partial charge in [-0.1, -0.05) is 6.04 Å². The van der Waals surface area contributed by atoms with Crippen molar-refractivity contribution in [1.82, 2.24) is 9.55 Å². The zero-order valence-corrected chi connectivity index (χ0v) is 10.7. The van der Waals surface area contributed by atoms with Gasteiger partial charge in [-0.15, -0.1) is 0 Å². The molecule has 2 N–H and O–H groups in total. The van der Waals surface area contributed by atoms with E-state index in [1.54, 1.807) is 0 Å². The van der Waals surface area contributed by atoms with E-state index in [2.05, 4.69) is 4.98 Å². The van der Waals surface area contributed by atoms with Gasteiger partial charge in [0.2, 0.25) is 0 Å². The molecule has 0 radical (unpaired) electrons. The normalized spacial score (nSPS) is 31.2. The molecule has 1 aliphatic rings. The van der Waals surface area contributed by atoms with Crippen molar-refractivity contribution in [3.05, 3.63) is 34.3 Å². The van der Waals surface area contributed by atoms with Gasteiger partial charge in [0.05, 0.1) is 27.5 Å². The van der Waals surface area contributed by atoms with Crippen LogP contribution in [0.5, 0.6) is 0 Å². The number of nitrogens with zero attached hydrogens (tertiary/aromatic N) is 2. The van der Waals surface area contributed by atoms with Gasteiger partial charge in [0, 0.05) is 18.9 Å². The van der Waals surface area contributed by atoms with E-state index in [1.807, 2.05) is 0 Å². The third-order valence-electron chi connectivity index (χ3n) is 3.16. The smallest absolute Gasteiger partial charge is 0.264 e. The van der Waals surface area contributed by atoms with Crippen molar-refractivity contribution in [1.29, 1.82) is 0 Å². The number of benzene rings is 1. The number of ketones is 2. The van der Waals surface area contributed by atoms with Gasteiger partial charge in [0.25, 0.3) is 5.56 Å². The summed E-state index contributed by atoms with van der Waals surface area (Å²) in [6, 6.07) is -2.75. The first-order chi connectivity index (χ1) is 13.1. The van der Waals surface area contributed by atoms with Gasteiger partial charge in [0.1, 0.15) is 11.6 Å². The van der Waals surface area contributed by atoms with Crippen molar-refractivity contribution in [2.75, 3.05) is 5.73 Å². The number of carbonyl (C=O) groups is 2. The Balaban J connectivity index is 2.50. The monoisotopic (exact) mass is 293 g/mol. The molecule has 1 fully saturated rings. The largest absolute Gasteiger partial charge is 0.398 e. The highest BCUT2D eigenvalue weighted by Gasteiger charge is 2.30. The fourth-order valence-electron chi connectivity index (χ4n) is 2.17. The summed E-state index contributed by atoms with van der Waals surface area (Å²) in [5, 5.41) is -0.462. The second-order valence-corrected chi connectivity index (χ2v) is 4.49. The first-order valence-electron chi connectivity index (χ1n) is 10.0. The standard InChI is InChI=1S/C15H15N3O3/c1-8-17-11-4-2-3-10(16)14(11)15(21)18(8)12-6-5-9(19)7-13(12)20/h2-4,12H,5-7,16H2,1H3/i1D3,2D,4D,5D2,12D. The Labute approximate surface area is 131 Å².